The summed E-state index contributed by atoms with van der Waals surface area (Å²) in [6.07, 6.45) is 3.20. The third-order valence-corrected chi connectivity index (χ3v) is 8.30. The maximum absolute atomic E-state index is 13.9. The largest absolute Gasteiger partial charge is 0.405 e. The van der Waals surface area contributed by atoms with Crippen LogP contribution in [0, 0.1) is 32.6 Å². The minimum atomic E-state index is -3.79. The van der Waals surface area contributed by atoms with Crippen LogP contribution in [0.3, 0.4) is 0 Å². The summed E-state index contributed by atoms with van der Waals surface area (Å²) in [7, 11) is -3.79. The van der Waals surface area contributed by atoms with Gasteiger partial charge in [0, 0.05) is 5.56 Å². The van der Waals surface area contributed by atoms with Crippen molar-refractivity contribution >= 4 is 18.9 Å². The van der Waals surface area contributed by atoms with Crippen molar-refractivity contribution in [2.45, 2.75) is 72.9 Å². The van der Waals surface area contributed by atoms with Gasteiger partial charge in [0.1, 0.15) is 0 Å². The van der Waals surface area contributed by atoms with Crippen LogP contribution in [-0.2, 0) is 13.9 Å². The first-order valence-electron chi connectivity index (χ1n) is 9.53. The van der Waals surface area contributed by atoms with Crippen molar-refractivity contribution in [1.82, 2.24) is 0 Å². The number of hydrogen-bond donors (Lipinski definition) is 0. The molecule has 1 aromatic rings. The third-order valence-electron chi connectivity index (χ3n) is 5.58. The van der Waals surface area contributed by atoms with Crippen LogP contribution in [0.4, 0.5) is 0 Å². The van der Waals surface area contributed by atoms with Crippen LogP contribution < -0.4 is 0 Å². The Hall–Kier alpha value is -1.41. The van der Waals surface area contributed by atoms with Gasteiger partial charge in [-0.15, -0.1) is 0 Å². The number of carbonyl (C=O) groups is 2. The molecule has 26 heavy (non-hydrogen) atoms. The second-order valence-corrected chi connectivity index (χ2v) is 10.6. The molecule has 1 aromatic carbocycles. The van der Waals surface area contributed by atoms with E-state index in [1.807, 2.05) is 46.8 Å². The Morgan fingerprint density at radius 3 is 2.00 bits per heavy atom. The first kappa shape index (κ1) is 20.9. The average Bonchev–Trinajstić information content (AvgIpc) is 3.07. The van der Waals surface area contributed by atoms with Gasteiger partial charge >= 0.3 is 13.3 Å². The smallest absolute Gasteiger partial charge is 0.321 e. The highest BCUT2D eigenvalue weighted by atomic mass is 31.2. The van der Waals surface area contributed by atoms with Crippen molar-refractivity contribution in [3.63, 3.8) is 0 Å². The standard InChI is InChI=1S/C21H31O4P/c1-13(2)17(6)20(22)25-26(24,18-9-7-8-10-18)21(23)19-15(4)11-14(3)12-16(19)5/h11-13,17-18H,7-10H2,1-6H3. The first-order chi connectivity index (χ1) is 12.1. The molecule has 1 aliphatic rings. The van der Waals surface area contributed by atoms with Crippen molar-refractivity contribution < 1.29 is 18.7 Å². The van der Waals surface area contributed by atoms with Gasteiger partial charge in [-0.3, -0.25) is 14.2 Å². The van der Waals surface area contributed by atoms with E-state index in [1.54, 1.807) is 6.92 Å². The number of carbonyl (C=O) groups excluding carboxylic acids is 2. The van der Waals surface area contributed by atoms with Gasteiger partial charge in [-0.25, -0.2) is 0 Å². The van der Waals surface area contributed by atoms with Crippen LogP contribution in [0.1, 0.15) is 73.5 Å². The number of aryl methyl sites for hydroxylation is 3. The molecule has 0 bridgehead atoms. The highest BCUT2D eigenvalue weighted by Gasteiger charge is 2.47. The second kappa shape index (κ2) is 8.08. The lowest BCUT2D eigenvalue weighted by atomic mass is 9.99. The highest BCUT2D eigenvalue weighted by molar-refractivity contribution is 7.78. The maximum Gasteiger partial charge on any atom is 0.321 e. The fraction of sp³-hybridized carbons (Fsp3) is 0.619. The fourth-order valence-electron chi connectivity index (χ4n) is 3.69. The van der Waals surface area contributed by atoms with E-state index in [0.717, 1.165) is 29.5 Å². The Kier molecular flexibility index (Phi) is 6.50. The quantitative estimate of drug-likeness (QED) is 0.586. The fourth-order valence-corrected chi connectivity index (χ4v) is 6.39. The molecule has 5 heteroatoms. The molecule has 0 heterocycles. The van der Waals surface area contributed by atoms with Crippen LogP contribution in [0.5, 0.6) is 0 Å². The lowest BCUT2D eigenvalue weighted by molar-refractivity contribution is -0.139. The van der Waals surface area contributed by atoms with Crippen LogP contribution >= 0.6 is 7.37 Å². The summed E-state index contributed by atoms with van der Waals surface area (Å²) in [5, 5.41) is 0. The Bertz CT molecular complexity index is 721. The SMILES string of the molecule is Cc1cc(C)c(C(=O)P(=O)(OC(=O)C(C)C(C)C)C2CCCC2)c(C)c1. The lowest BCUT2D eigenvalue weighted by Crippen LogP contribution is -2.24. The zero-order chi connectivity index (χ0) is 19.6. The third kappa shape index (κ3) is 4.11. The van der Waals surface area contributed by atoms with Gasteiger partial charge in [0.25, 0.3) is 5.52 Å². The van der Waals surface area contributed by atoms with Gasteiger partial charge in [0.2, 0.25) is 0 Å². The Balaban J connectivity index is 2.46. The van der Waals surface area contributed by atoms with Crippen molar-refractivity contribution in [1.29, 1.82) is 0 Å². The Morgan fingerprint density at radius 2 is 1.54 bits per heavy atom. The molecule has 4 nitrogen and oxygen atoms in total. The molecule has 2 atom stereocenters. The predicted molar refractivity (Wildman–Crippen MR) is 105 cm³/mol. The van der Waals surface area contributed by atoms with Gasteiger partial charge < -0.3 is 4.52 Å². The van der Waals surface area contributed by atoms with Gasteiger partial charge in [-0.2, -0.15) is 0 Å². The van der Waals surface area contributed by atoms with Crippen LogP contribution in [0.15, 0.2) is 12.1 Å². The molecule has 1 fully saturated rings. The number of benzene rings is 1. The van der Waals surface area contributed by atoms with Crippen molar-refractivity contribution in [2.24, 2.45) is 11.8 Å². The number of rotatable bonds is 6. The molecule has 2 unspecified atom stereocenters. The van der Waals surface area contributed by atoms with Crippen LogP contribution in [0.25, 0.3) is 0 Å². The van der Waals surface area contributed by atoms with E-state index in [2.05, 4.69) is 0 Å². The minimum Gasteiger partial charge on any atom is -0.405 e. The van der Waals surface area contributed by atoms with Crippen LogP contribution in [-0.4, -0.2) is 17.2 Å². The second-order valence-electron chi connectivity index (χ2n) is 8.06. The van der Waals surface area contributed by atoms with Crippen LogP contribution in [0.2, 0.25) is 0 Å². The van der Waals surface area contributed by atoms with E-state index in [1.165, 1.54) is 0 Å². The van der Waals surface area contributed by atoms with Crippen molar-refractivity contribution in [3.8, 4) is 0 Å². The summed E-state index contributed by atoms with van der Waals surface area (Å²) >= 11 is 0. The summed E-state index contributed by atoms with van der Waals surface area (Å²) in [5.41, 5.74) is 2.26. The van der Waals surface area contributed by atoms with Gasteiger partial charge in [0.15, 0.2) is 0 Å². The number of hydrogen-bond acceptors (Lipinski definition) is 4. The summed E-state index contributed by atoms with van der Waals surface area (Å²) in [4.78, 5) is 26.0. The predicted octanol–water partition coefficient (Wildman–Crippen LogP) is 5.81. The first-order valence-corrected chi connectivity index (χ1v) is 11.2. The van der Waals surface area contributed by atoms with Crippen molar-refractivity contribution in [2.75, 3.05) is 0 Å². The van der Waals surface area contributed by atoms with E-state index < -0.39 is 24.8 Å². The topological polar surface area (TPSA) is 60.4 Å². The monoisotopic (exact) mass is 378 g/mol. The molecule has 0 radical (unpaired) electrons. The molecular formula is C21H31O4P. The highest BCUT2D eigenvalue weighted by Crippen LogP contribution is 2.60. The molecule has 144 valence electrons. The maximum atomic E-state index is 13.9. The minimum absolute atomic E-state index is 0.0671. The van der Waals surface area contributed by atoms with E-state index in [4.69, 9.17) is 4.52 Å². The molecule has 0 amide bonds. The van der Waals surface area contributed by atoms with E-state index >= 15 is 0 Å². The summed E-state index contributed by atoms with van der Waals surface area (Å²) in [6.45, 7) is 11.3. The van der Waals surface area contributed by atoms with E-state index in [0.29, 0.717) is 18.4 Å². The molecule has 0 spiro atoms. The molecule has 0 saturated heterocycles. The summed E-state index contributed by atoms with van der Waals surface area (Å²) < 4.78 is 19.4. The summed E-state index contributed by atoms with van der Waals surface area (Å²) in [5.74, 6) is -0.846. The van der Waals surface area contributed by atoms with Gasteiger partial charge in [0.05, 0.1) is 11.6 Å². The van der Waals surface area contributed by atoms with Gasteiger partial charge in [-0.05, 0) is 50.7 Å². The van der Waals surface area contributed by atoms with Gasteiger partial charge in [-0.1, -0.05) is 51.3 Å². The molecular weight excluding hydrogens is 347 g/mol. The molecule has 2 rings (SSSR count). The molecule has 0 N–H and O–H groups in total. The normalized spacial score (nSPS) is 18.6. The Morgan fingerprint density at radius 1 is 1.04 bits per heavy atom. The summed E-state index contributed by atoms with van der Waals surface area (Å²) in [6, 6.07) is 3.83. The molecule has 1 saturated carbocycles. The molecule has 0 aliphatic heterocycles. The average molecular weight is 378 g/mol. The van der Waals surface area contributed by atoms with Crippen molar-refractivity contribution in [3.05, 3.63) is 34.4 Å². The lowest BCUT2D eigenvalue weighted by Gasteiger charge is -2.26. The zero-order valence-corrected chi connectivity index (χ0v) is 17.7. The zero-order valence-electron chi connectivity index (χ0n) is 16.8. The van der Waals surface area contributed by atoms with E-state index in [-0.39, 0.29) is 11.6 Å². The molecule has 1 aliphatic carbocycles. The molecule has 0 aromatic heterocycles. The van der Waals surface area contributed by atoms with E-state index in [9.17, 15) is 14.2 Å². The Labute approximate surface area is 157 Å².